The van der Waals surface area contributed by atoms with Crippen LogP contribution in [0, 0.1) is 0 Å². The van der Waals surface area contributed by atoms with Crippen molar-refractivity contribution in [3.05, 3.63) is 128 Å². The van der Waals surface area contributed by atoms with E-state index in [9.17, 15) is 0 Å². The van der Waals surface area contributed by atoms with E-state index in [0.717, 1.165) is 40.8 Å². The zero-order chi connectivity index (χ0) is 25.5. The molecule has 0 bridgehead atoms. The molecule has 0 aliphatic carbocycles. The lowest BCUT2D eigenvalue weighted by atomic mass is 10.1. The number of pyridine rings is 1. The van der Waals surface area contributed by atoms with Crippen LogP contribution < -0.4 is 9.80 Å². The topological polar surface area (TPSA) is 22.6 Å². The lowest BCUT2D eigenvalue weighted by Crippen LogP contribution is -2.22. The van der Waals surface area contributed by atoms with Gasteiger partial charge in [0.15, 0.2) is 0 Å². The first-order chi connectivity index (χ1) is 18.7. The van der Waals surface area contributed by atoms with Gasteiger partial charge < -0.3 is 9.80 Å². The van der Waals surface area contributed by atoms with Gasteiger partial charge in [-0.2, -0.15) is 0 Å². The molecule has 0 saturated carbocycles. The van der Waals surface area contributed by atoms with Crippen LogP contribution in [0.1, 0.15) is 0 Å². The first-order valence-electron chi connectivity index (χ1n) is 12.7. The fourth-order valence-electron chi connectivity index (χ4n) is 5.14. The van der Waals surface area contributed by atoms with E-state index < -0.39 is 0 Å². The van der Waals surface area contributed by atoms with Gasteiger partial charge in [0.05, 0.1) is 12.4 Å². The van der Waals surface area contributed by atoms with Crippen LogP contribution in [0.25, 0.3) is 31.4 Å². The van der Waals surface area contributed by atoms with Crippen molar-refractivity contribution < 1.29 is 0 Å². The lowest BCUT2D eigenvalue weighted by Gasteiger charge is -2.26. The molecule has 4 aromatic carbocycles. The number of benzene rings is 4. The first-order valence-corrected chi connectivity index (χ1v) is 13.5. The van der Waals surface area contributed by atoms with Crippen LogP contribution in [0.15, 0.2) is 128 Å². The Labute approximate surface area is 226 Å². The Morgan fingerprint density at radius 3 is 2.34 bits per heavy atom. The monoisotopic (exact) mass is 510 g/mol. The minimum absolute atomic E-state index is 0.835. The van der Waals surface area contributed by atoms with E-state index >= 15 is 0 Å². The number of anilines is 4. The summed E-state index contributed by atoms with van der Waals surface area (Å²) in [6.45, 7) is 0.835. The molecule has 0 saturated heterocycles. The van der Waals surface area contributed by atoms with Gasteiger partial charge in [0.25, 0.3) is 0 Å². The van der Waals surface area contributed by atoms with E-state index in [1.165, 1.54) is 20.2 Å². The third-order valence-corrected chi connectivity index (χ3v) is 8.17. The van der Waals surface area contributed by atoms with Crippen molar-refractivity contribution >= 4 is 54.4 Å². The molecule has 4 nitrogen and oxygen atoms in total. The summed E-state index contributed by atoms with van der Waals surface area (Å²) < 4.78 is 2.58. The highest BCUT2D eigenvalue weighted by Gasteiger charge is 2.18. The van der Waals surface area contributed by atoms with E-state index in [0.29, 0.717) is 0 Å². The number of para-hydroxylation sites is 1. The van der Waals surface area contributed by atoms with Crippen molar-refractivity contribution in [2.45, 2.75) is 0 Å². The Bertz CT molecular complexity index is 1790. The predicted octanol–water partition coefficient (Wildman–Crippen LogP) is 8.77. The predicted molar refractivity (Wildman–Crippen MR) is 161 cm³/mol. The van der Waals surface area contributed by atoms with Crippen LogP contribution in [-0.2, 0) is 0 Å². The third-order valence-electron chi connectivity index (χ3n) is 6.95. The fraction of sp³-hybridized carbons (Fsp3) is 0.0606. The maximum absolute atomic E-state index is 5.25. The summed E-state index contributed by atoms with van der Waals surface area (Å²) in [6, 6.07) is 40.6. The molecule has 38 heavy (non-hydrogen) atoms. The van der Waals surface area contributed by atoms with Gasteiger partial charge in [-0.15, -0.1) is 11.3 Å². The largest absolute Gasteiger partial charge is 0.361 e. The summed E-state index contributed by atoms with van der Waals surface area (Å²) in [4.78, 5) is 11.9. The van der Waals surface area contributed by atoms with Crippen molar-refractivity contribution in [2.24, 2.45) is 0 Å². The maximum Gasteiger partial charge on any atom is 0.138 e. The molecule has 5 heteroatoms. The standard InChI is InChI=1S/C33H26N4S/c1-35-20-21-36(23-35)25-12-7-13-26(22-25)37(24-10-3-2-4-11-24)32-19-9-17-30(34-32)29-16-8-15-28-27-14-5-6-18-31(27)38-33(28)29/h2-22H,23H2,1H3. The molecule has 7 rings (SSSR count). The van der Waals surface area contributed by atoms with Gasteiger partial charge in [-0.25, -0.2) is 4.98 Å². The molecule has 184 valence electrons. The second-order valence-electron chi connectivity index (χ2n) is 9.52. The highest BCUT2D eigenvalue weighted by Crippen LogP contribution is 2.41. The second-order valence-corrected chi connectivity index (χ2v) is 10.6. The maximum atomic E-state index is 5.25. The molecular weight excluding hydrogens is 484 g/mol. The number of aromatic nitrogens is 1. The molecule has 0 atom stereocenters. The quantitative estimate of drug-likeness (QED) is 0.231. The molecule has 0 unspecified atom stereocenters. The third kappa shape index (κ3) is 3.98. The van der Waals surface area contributed by atoms with Gasteiger partial charge >= 0.3 is 0 Å². The van der Waals surface area contributed by atoms with E-state index in [4.69, 9.17) is 4.98 Å². The van der Waals surface area contributed by atoms with Crippen molar-refractivity contribution in [3.8, 4) is 11.3 Å². The molecule has 1 aliphatic heterocycles. The van der Waals surface area contributed by atoms with Gasteiger partial charge in [-0.3, -0.25) is 4.90 Å². The first kappa shape index (κ1) is 22.6. The van der Waals surface area contributed by atoms with Gasteiger partial charge in [0.2, 0.25) is 0 Å². The smallest absolute Gasteiger partial charge is 0.138 e. The number of hydrogen-bond acceptors (Lipinski definition) is 5. The summed E-state index contributed by atoms with van der Waals surface area (Å²) in [5.41, 5.74) is 5.43. The van der Waals surface area contributed by atoms with Crippen LogP contribution in [-0.4, -0.2) is 23.6 Å². The molecule has 1 aliphatic rings. The lowest BCUT2D eigenvalue weighted by molar-refractivity contribution is 0.496. The molecule has 0 spiro atoms. The van der Waals surface area contributed by atoms with Crippen LogP contribution in [0.5, 0.6) is 0 Å². The van der Waals surface area contributed by atoms with E-state index in [2.05, 4.69) is 149 Å². The van der Waals surface area contributed by atoms with Crippen molar-refractivity contribution in [1.29, 1.82) is 0 Å². The zero-order valence-electron chi connectivity index (χ0n) is 21.0. The van der Waals surface area contributed by atoms with Crippen LogP contribution in [0.2, 0.25) is 0 Å². The Morgan fingerprint density at radius 2 is 1.47 bits per heavy atom. The molecular formula is C33H26N4S. The van der Waals surface area contributed by atoms with E-state index in [1.54, 1.807) is 0 Å². The number of thiophene rings is 1. The minimum atomic E-state index is 0.835. The van der Waals surface area contributed by atoms with E-state index in [-0.39, 0.29) is 0 Å². The summed E-state index contributed by atoms with van der Waals surface area (Å²) in [5.74, 6) is 0.887. The summed E-state index contributed by atoms with van der Waals surface area (Å²) >= 11 is 1.84. The molecule has 0 radical (unpaired) electrons. The van der Waals surface area contributed by atoms with Crippen molar-refractivity contribution in [3.63, 3.8) is 0 Å². The average Bonchev–Trinajstić information content (AvgIpc) is 3.58. The summed E-state index contributed by atoms with van der Waals surface area (Å²) in [7, 11) is 2.09. The number of hydrogen-bond donors (Lipinski definition) is 0. The van der Waals surface area contributed by atoms with Crippen molar-refractivity contribution in [1.82, 2.24) is 9.88 Å². The normalized spacial score (nSPS) is 13.1. The SMILES string of the molecule is CN1C=CN(c2cccc(N(c3ccccc3)c3cccc(-c4cccc5c4sc4ccccc45)n3)c2)C1. The number of rotatable bonds is 5. The Balaban J connectivity index is 1.36. The zero-order valence-corrected chi connectivity index (χ0v) is 21.8. The Hall–Kier alpha value is -4.61. The van der Waals surface area contributed by atoms with Crippen molar-refractivity contribution in [2.75, 3.05) is 23.5 Å². The van der Waals surface area contributed by atoms with Crippen LogP contribution in [0.4, 0.5) is 22.9 Å². The molecule has 0 amide bonds. The highest BCUT2D eigenvalue weighted by atomic mass is 32.1. The molecule has 0 N–H and O–H groups in total. The van der Waals surface area contributed by atoms with Crippen LogP contribution in [0.3, 0.4) is 0 Å². The van der Waals surface area contributed by atoms with Gasteiger partial charge in [0.1, 0.15) is 5.82 Å². The van der Waals surface area contributed by atoms with Gasteiger partial charge in [-0.05, 0) is 48.5 Å². The summed E-state index contributed by atoms with van der Waals surface area (Å²) in [6.07, 6.45) is 4.22. The highest BCUT2D eigenvalue weighted by molar-refractivity contribution is 7.26. The van der Waals surface area contributed by atoms with Gasteiger partial charge in [-0.1, -0.05) is 66.7 Å². The number of nitrogens with zero attached hydrogens (tertiary/aromatic N) is 4. The Morgan fingerprint density at radius 1 is 0.711 bits per heavy atom. The molecule has 2 aromatic heterocycles. The fourth-order valence-corrected chi connectivity index (χ4v) is 6.37. The summed E-state index contributed by atoms with van der Waals surface area (Å²) in [5, 5.41) is 2.58. The average molecular weight is 511 g/mol. The molecule has 0 fully saturated rings. The molecule has 3 heterocycles. The number of fused-ring (bicyclic) bond motifs is 3. The van der Waals surface area contributed by atoms with Crippen LogP contribution >= 0.6 is 11.3 Å². The minimum Gasteiger partial charge on any atom is -0.361 e. The van der Waals surface area contributed by atoms with E-state index in [1.807, 2.05) is 11.3 Å². The van der Waals surface area contributed by atoms with Gasteiger partial charge in [0, 0.05) is 62.2 Å². The Kier molecular flexibility index (Phi) is 5.56. The second kappa shape index (κ2) is 9.36. The molecule has 6 aromatic rings.